The third-order valence-electron chi connectivity index (χ3n) is 5.58. The molecule has 1 saturated heterocycles. The molecule has 4 aromatic rings. The lowest BCUT2D eigenvalue weighted by molar-refractivity contribution is 0.0322. The van der Waals surface area contributed by atoms with E-state index in [1.807, 2.05) is 24.3 Å². The molecule has 11 heteroatoms. The Morgan fingerprint density at radius 1 is 1.14 bits per heavy atom. The highest BCUT2D eigenvalue weighted by Gasteiger charge is 2.14. The number of carbonyl (C=O) groups excluding carboxylic acids is 1. The van der Waals surface area contributed by atoms with Crippen molar-refractivity contribution in [3.8, 4) is 5.75 Å². The van der Waals surface area contributed by atoms with Crippen LogP contribution in [0.4, 0.5) is 5.13 Å². The monoisotopic (exact) mass is 531 g/mol. The van der Waals surface area contributed by atoms with E-state index in [1.54, 1.807) is 29.1 Å². The molecule has 8 nitrogen and oxygen atoms in total. The fourth-order valence-corrected chi connectivity index (χ4v) is 5.08. The van der Waals surface area contributed by atoms with Gasteiger partial charge >= 0.3 is 0 Å². The SMILES string of the molecule is O=C(Nc1nc2ccc(OCCN3CCOCC3)cc2s1)c1ccn(Cc2ccc(Cl)cc2Cl)n1. The number of carbonyl (C=O) groups is 1. The number of benzene rings is 2. The number of aromatic nitrogens is 3. The van der Waals surface area contributed by atoms with Gasteiger partial charge in [-0.25, -0.2) is 4.98 Å². The van der Waals surface area contributed by atoms with Crippen molar-refractivity contribution in [2.75, 3.05) is 44.8 Å². The van der Waals surface area contributed by atoms with E-state index < -0.39 is 0 Å². The van der Waals surface area contributed by atoms with Crippen LogP contribution in [-0.4, -0.2) is 65.0 Å². The average molecular weight is 532 g/mol. The molecule has 0 unspecified atom stereocenters. The number of thiazole rings is 1. The number of hydrogen-bond acceptors (Lipinski definition) is 7. The van der Waals surface area contributed by atoms with E-state index in [9.17, 15) is 4.79 Å². The van der Waals surface area contributed by atoms with Crippen molar-refractivity contribution in [2.45, 2.75) is 6.54 Å². The highest BCUT2D eigenvalue weighted by Crippen LogP contribution is 2.29. The first kappa shape index (κ1) is 24.0. The van der Waals surface area contributed by atoms with Crippen molar-refractivity contribution in [2.24, 2.45) is 0 Å². The summed E-state index contributed by atoms with van der Waals surface area (Å²) in [5.41, 5.74) is 1.95. The van der Waals surface area contributed by atoms with Gasteiger partial charge in [0.1, 0.15) is 12.4 Å². The summed E-state index contributed by atoms with van der Waals surface area (Å²) in [4.78, 5) is 19.6. The Bertz CT molecular complexity index is 1340. The Kier molecular flexibility index (Phi) is 7.50. The largest absolute Gasteiger partial charge is 0.492 e. The summed E-state index contributed by atoms with van der Waals surface area (Å²) in [5, 5.41) is 8.83. The van der Waals surface area contributed by atoms with Gasteiger partial charge in [-0.2, -0.15) is 5.10 Å². The van der Waals surface area contributed by atoms with Gasteiger partial charge in [-0.05, 0) is 42.0 Å². The Balaban J connectivity index is 1.18. The summed E-state index contributed by atoms with van der Waals surface area (Å²) < 4.78 is 13.9. The molecule has 182 valence electrons. The van der Waals surface area contributed by atoms with Crippen LogP contribution < -0.4 is 10.1 Å². The van der Waals surface area contributed by atoms with Crippen LogP contribution in [0.15, 0.2) is 48.7 Å². The minimum Gasteiger partial charge on any atom is -0.492 e. The predicted octanol–water partition coefficient (Wildman–Crippen LogP) is 4.81. The third-order valence-corrected chi connectivity index (χ3v) is 7.10. The molecular weight excluding hydrogens is 509 g/mol. The molecule has 2 aromatic heterocycles. The van der Waals surface area contributed by atoms with Gasteiger partial charge in [0, 0.05) is 35.9 Å². The molecule has 0 aliphatic carbocycles. The topological polar surface area (TPSA) is 81.5 Å². The summed E-state index contributed by atoms with van der Waals surface area (Å²) >= 11 is 13.6. The maximum atomic E-state index is 12.7. The van der Waals surface area contributed by atoms with Crippen molar-refractivity contribution in [3.05, 3.63) is 70.0 Å². The van der Waals surface area contributed by atoms with E-state index in [4.69, 9.17) is 32.7 Å². The van der Waals surface area contributed by atoms with Crippen LogP contribution in [0, 0.1) is 0 Å². The van der Waals surface area contributed by atoms with Crippen molar-refractivity contribution >= 4 is 55.8 Å². The number of morpholine rings is 1. The minimum atomic E-state index is -0.327. The van der Waals surface area contributed by atoms with E-state index in [0.29, 0.717) is 34.0 Å². The zero-order valence-corrected chi connectivity index (χ0v) is 21.1. The molecule has 1 aliphatic rings. The van der Waals surface area contributed by atoms with E-state index >= 15 is 0 Å². The maximum absolute atomic E-state index is 12.7. The van der Waals surface area contributed by atoms with Crippen molar-refractivity contribution in [3.63, 3.8) is 0 Å². The van der Waals surface area contributed by atoms with E-state index in [1.165, 1.54) is 11.3 Å². The average Bonchev–Trinajstić information content (AvgIpc) is 3.48. The number of halogens is 2. The number of ether oxygens (including phenoxy) is 2. The summed E-state index contributed by atoms with van der Waals surface area (Å²) in [6.45, 7) is 5.33. The second-order valence-electron chi connectivity index (χ2n) is 8.04. The lowest BCUT2D eigenvalue weighted by Crippen LogP contribution is -2.38. The zero-order valence-electron chi connectivity index (χ0n) is 18.7. The second kappa shape index (κ2) is 10.9. The second-order valence-corrected chi connectivity index (χ2v) is 9.91. The van der Waals surface area contributed by atoms with E-state index in [2.05, 4.69) is 20.3 Å². The summed E-state index contributed by atoms with van der Waals surface area (Å²) in [6.07, 6.45) is 1.73. The molecular formula is C24H23Cl2N5O3S. The third kappa shape index (κ3) is 6.12. The van der Waals surface area contributed by atoms with Gasteiger partial charge in [0.2, 0.25) is 0 Å². The Hall–Kier alpha value is -2.69. The van der Waals surface area contributed by atoms with Crippen molar-refractivity contribution in [1.29, 1.82) is 0 Å². The zero-order chi connectivity index (χ0) is 24.2. The molecule has 35 heavy (non-hydrogen) atoms. The Labute approximate surface area is 216 Å². The molecule has 3 heterocycles. The van der Waals surface area contributed by atoms with Crippen LogP contribution in [0.5, 0.6) is 5.75 Å². The molecule has 0 saturated carbocycles. The van der Waals surface area contributed by atoms with E-state index in [0.717, 1.165) is 54.4 Å². The van der Waals surface area contributed by atoms with Crippen LogP contribution in [0.25, 0.3) is 10.2 Å². The fraction of sp³-hybridized carbons (Fsp3) is 0.292. The molecule has 0 radical (unpaired) electrons. The van der Waals surface area contributed by atoms with Crippen LogP contribution >= 0.6 is 34.5 Å². The number of anilines is 1. The molecule has 0 bridgehead atoms. The number of amides is 1. The molecule has 1 N–H and O–H groups in total. The lowest BCUT2D eigenvalue weighted by Gasteiger charge is -2.26. The van der Waals surface area contributed by atoms with Gasteiger partial charge in [-0.3, -0.25) is 19.7 Å². The summed E-state index contributed by atoms with van der Waals surface area (Å²) in [6, 6.07) is 12.7. The van der Waals surface area contributed by atoms with Crippen molar-refractivity contribution < 1.29 is 14.3 Å². The molecule has 1 amide bonds. The quantitative estimate of drug-likeness (QED) is 0.351. The smallest absolute Gasteiger partial charge is 0.277 e. The van der Waals surface area contributed by atoms with Gasteiger partial charge in [0.05, 0.1) is 30.0 Å². The van der Waals surface area contributed by atoms with Gasteiger partial charge in [-0.1, -0.05) is 40.6 Å². The van der Waals surface area contributed by atoms with Crippen LogP contribution in [0.1, 0.15) is 16.1 Å². The number of nitrogens with one attached hydrogen (secondary N) is 1. The van der Waals surface area contributed by atoms with Crippen LogP contribution in [0.3, 0.4) is 0 Å². The molecule has 1 fully saturated rings. The minimum absolute atomic E-state index is 0.293. The number of fused-ring (bicyclic) bond motifs is 1. The molecule has 1 aliphatic heterocycles. The fourth-order valence-electron chi connectivity index (χ4n) is 3.72. The first-order valence-corrected chi connectivity index (χ1v) is 12.7. The summed E-state index contributed by atoms with van der Waals surface area (Å²) in [5.74, 6) is 0.457. The van der Waals surface area contributed by atoms with Gasteiger partial charge in [-0.15, -0.1) is 0 Å². The first-order chi connectivity index (χ1) is 17.0. The summed E-state index contributed by atoms with van der Waals surface area (Å²) in [7, 11) is 0. The van der Waals surface area contributed by atoms with Gasteiger partial charge < -0.3 is 9.47 Å². The molecule has 0 spiro atoms. The molecule has 2 aromatic carbocycles. The van der Waals surface area contributed by atoms with Crippen LogP contribution in [0.2, 0.25) is 10.0 Å². The Morgan fingerprint density at radius 2 is 2.00 bits per heavy atom. The molecule has 5 rings (SSSR count). The highest BCUT2D eigenvalue weighted by atomic mass is 35.5. The Morgan fingerprint density at radius 3 is 2.83 bits per heavy atom. The number of nitrogens with zero attached hydrogens (tertiary/aromatic N) is 4. The first-order valence-electron chi connectivity index (χ1n) is 11.2. The normalized spacial score (nSPS) is 14.3. The number of rotatable bonds is 8. The molecule has 0 atom stereocenters. The van der Waals surface area contributed by atoms with Crippen molar-refractivity contribution in [1.82, 2.24) is 19.7 Å². The standard InChI is InChI=1S/C24H23Cl2N5O3S/c25-17-2-1-16(19(26)13-17)15-31-6-5-21(29-31)23(32)28-24-27-20-4-3-18(14-22(20)35-24)34-12-9-30-7-10-33-11-8-30/h1-6,13-14H,7-12,15H2,(H,27,28,32). The van der Waals surface area contributed by atoms with Gasteiger partial charge in [0.25, 0.3) is 5.91 Å². The van der Waals surface area contributed by atoms with Gasteiger partial charge in [0.15, 0.2) is 10.8 Å². The number of hydrogen-bond donors (Lipinski definition) is 1. The van der Waals surface area contributed by atoms with E-state index in [-0.39, 0.29) is 5.91 Å². The maximum Gasteiger partial charge on any atom is 0.277 e. The predicted molar refractivity (Wildman–Crippen MR) is 138 cm³/mol. The van der Waals surface area contributed by atoms with Crippen LogP contribution in [-0.2, 0) is 11.3 Å². The lowest BCUT2D eigenvalue weighted by atomic mass is 10.2. The highest BCUT2D eigenvalue weighted by molar-refractivity contribution is 7.22.